The van der Waals surface area contributed by atoms with Crippen LogP contribution in [0, 0.1) is 17.0 Å². The summed E-state index contributed by atoms with van der Waals surface area (Å²) >= 11 is 0. The molecule has 0 radical (unpaired) electrons. The fourth-order valence-corrected chi connectivity index (χ4v) is 5.57. The summed E-state index contributed by atoms with van der Waals surface area (Å²) in [6, 6.07) is 11.9. The van der Waals surface area contributed by atoms with Gasteiger partial charge in [0.25, 0.3) is 5.69 Å². The van der Waals surface area contributed by atoms with Gasteiger partial charge in [0.2, 0.25) is 10.0 Å². The van der Waals surface area contributed by atoms with E-state index >= 15 is 0 Å². The Kier molecular flexibility index (Phi) is 7.79. The summed E-state index contributed by atoms with van der Waals surface area (Å²) in [7, 11) is -3.84. The molecule has 2 aromatic carbocycles. The molecule has 1 atom stereocenters. The van der Waals surface area contributed by atoms with Crippen molar-refractivity contribution >= 4 is 21.4 Å². The van der Waals surface area contributed by atoms with Crippen LogP contribution in [0.5, 0.6) is 0 Å². The Balaban J connectivity index is 1.63. The van der Waals surface area contributed by atoms with Gasteiger partial charge >= 0.3 is 0 Å². The van der Waals surface area contributed by atoms with Crippen LogP contribution < -0.4 is 5.32 Å². The number of nitro benzene ring substituents is 1. The van der Waals surface area contributed by atoms with Gasteiger partial charge in [-0.25, -0.2) is 8.42 Å². The highest BCUT2D eigenvalue weighted by Gasteiger charge is 2.30. The Morgan fingerprint density at radius 3 is 2.24 bits per heavy atom. The molecule has 0 aromatic heterocycles. The van der Waals surface area contributed by atoms with Crippen LogP contribution in [0.4, 0.5) is 11.4 Å². The van der Waals surface area contributed by atoms with Gasteiger partial charge in [-0.15, -0.1) is 0 Å². The minimum atomic E-state index is -3.84. The molecule has 10 nitrogen and oxygen atoms in total. The van der Waals surface area contributed by atoms with Crippen LogP contribution in [-0.4, -0.2) is 81.7 Å². The van der Waals surface area contributed by atoms with E-state index in [0.29, 0.717) is 33.0 Å². The molecule has 0 bridgehead atoms. The van der Waals surface area contributed by atoms with Gasteiger partial charge in [0.1, 0.15) is 5.69 Å². The number of nitro groups is 1. The van der Waals surface area contributed by atoms with Crippen molar-refractivity contribution in [1.82, 2.24) is 9.21 Å². The largest absolute Gasteiger partial charge is 0.379 e. The summed E-state index contributed by atoms with van der Waals surface area (Å²) in [5.41, 5.74) is 2.13. The second-order valence-corrected chi connectivity index (χ2v) is 10.4. The Morgan fingerprint density at radius 1 is 1.00 bits per heavy atom. The molecule has 2 saturated heterocycles. The molecule has 11 heteroatoms. The molecule has 0 aliphatic carbocycles. The zero-order chi connectivity index (χ0) is 24.1. The summed E-state index contributed by atoms with van der Waals surface area (Å²) in [6.45, 7) is 6.57. The highest BCUT2D eigenvalue weighted by molar-refractivity contribution is 7.89. The van der Waals surface area contributed by atoms with Crippen LogP contribution in [0.1, 0.15) is 17.2 Å². The number of aryl methyl sites for hydroxylation is 1. The molecule has 0 saturated carbocycles. The summed E-state index contributed by atoms with van der Waals surface area (Å²) in [5.74, 6) is 0. The molecular weight excluding hydrogens is 460 g/mol. The highest BCUT2D eigenvalue weighted by Crippen LogP contribution is 2.32. The monoisotopic (exact) mass is 490 g/mol. The van der Waals surface area contributed by atoms with Gasteiger partial charge in [0, 0.05) is 38.8 Å². The molecule has 184 valence electrons. The van der Waals surface area contributed by atoms with Crippen molar-refractivity contribution in [2.45, 2.75) is 17.9 Å². The Bertz CT molecular complexity index is 1100. The average molecular weight is 491 g/mol. The van der Waals surface area contributed by atoms with E-state index in [1.165, 1.54) is 16.4 Å². The number of nitrogens with zero attached hydrogens (tertiary/aromatic N) is 3. The van der Waals surface area contributed by atoms with E-state index < -0.39 is 14.9 Å². The van der Waals surface area contributed by atoms with Crippen molar-refractivity contribution in [3.63, 3.8) is 0 Å². The quantitative estimate of drug-likeness (QED) is 0.443. The van der Waals surface area contributed by atoms with Crippen LogP contribution in [0.3, 0.4) is 0 Å². The molecule has 2 aromatic rings. The van der Waals surface area contributed by atoms with Crippen molar-refractivity contribution < 1.29 is 22.8 Å². The van der Waals surface area contributed by atoms with Gasteiger partial charge < -0.3 is 14.8 Å². The van der Waals surface area contributed by atoms with Gasteiger partial charge in [0.05, 0.1) is 42.3 Å². The molecule has 2 fully saturated rings. The number of rotatable bonds is 8. The van der Waals surface area contributed by atoms with E-state index in [-0.39, 0.29) is 35.4 Å². The third-order valence-electron chi connectivity index (χ3n) is 6.13. The molecule has 4 rings (SSSR count). The SMILES string of the molecule is Cc1ccc(C(CN2CCOCC2)Nc2ccc(S(=O)(=O)N3CCOCC3)cc2[N+](=O)[O-])cc1. The maximum absolute atomic E-state index is 13.0. The summed E-state index contributed by atoms with van der Waals surface area (Å²) in [6.07, 6.45) is 0. The van der Waals surface area contributed by atoms with Crippen LogP contribution in [0.25, 0.3) is 0 Å². The van der Waals surface area contributed by atoms with Crippen LogP contribution in [0.2, 0.25) is 0 Å². The molecule has 2 aliphatic heterocycles. The van der Waals surface area contributed by atoms with Crippen molar-refractivity contribution in [3.05, 3.63) is 63.7 Å². The first-order valence-corrected chi connectivity index (χ1v) is 12.8. The zero-order valence-electron chi connectivity index (χ0n) is 19.2. The van der Waals surface area contributed by atoms with Crippen molar-refractivity contribution in [2.24, 2.45) is 0 Å². The fourth-order valence-electron chi connectivity index (χ4n) is 4.14. The molecule has 2 heterocycles. The molecule has 1 N–H and O–H groups in total. The Morgan fingerprint density at radius 2 is 1.62 bits per heavy atom. The summed E-state index contributed by atoms with van der Waals surface area (Å²) < 4.78 is 38.0. The molecule has 34 heavy (non-hydrogen) atoms. The number of hydrogen-bond acceptors (Lipinski definition) is 8. The lowest BCUT2D eigenvalue weighted by molar-refractivity contribution is -0.384. The van der Waals surface area contributed by atoms with Crippen LogP contribution in [-0.2, 0) is 19.5 Å². The number of morpholine rings is 2. The lowest BCUT2D eigenvalue weighted by Crippen LogP contribution is -2.40. The Hall–Kier alpha value is -2.57. The number of anilines is 1. The number of nitrogens with one attached hydrogen (secondary N) is 1. The first kappa shape index (κ1) is 24.6. The average Bonchev–Trinajstić information content (AvgIpc) is 2.85. The number of ether oxygens (including phenoxy) is 2. The highest BCUT2D eigenvalue weighted by atomic mass is 32.2. The fraction of sp³-hybridized carbons (Fsp3) is 0.478. The molecule has 0 spiro atoms. The zero-order valence-corrected chi connectivity index (χ0v) is 20.0. The van der Waals surface area contributed by atoms with E-state index in [2.05, 4.69) is 10.2 Å². The number of hydrogen-bond donors (Lipinski definition) is 1. The van der Waals surface area contributed by atoms with Crippen molar-refractivity contribution in [2.75, 3.05) is 64.5 Å². The van der Waals surface area contributed by atoms with Crippen molar-refractivity contribution in [3.8, 4) is 0 Å². The van der Waals surface area contributed by atoms with Gasteiger partial charge in [-0.3, -0.25) is 15.0 Å². The topological polar surface area (TPSA) is 114 Å². The number of sulfonamides is 1. The third kappa shape index (κ3) is 5.73. The molecular formula is C23H30N4O6S. The minimum Gasteiger partial charge on any atom is -0.379 e. The second kappa shape index (κ2) is 10.8. The second-order valence-electron chi connectivity index (χ2n) is 8.47. The van der Waals surface area contributed by atoms with Gasteiger partial charge in [-0.1, -0.05) is 29.8 Å². The van der Waals surface area contributed by atoms with E-state index in [4.69, 9.17) is 9.47 Å². The van der Waals surface area contributed by atoms with E-state index in [0.717, 1.165) is 30.3 Å². The normalized spacial score (nSPS) is 19.0. The molecule has 1 unspecified atom stereocenters. The van der Waals surface area contributed by atoms with Crippen molar-refractivity contribution in [1.29, 1.82) is 0 Å². The van der Waals surface area contributed by atoms with E-state index in [1.807, 2.05) is 31.2 Å². The summed E-state index contributed by atoms with van der Waals surface area (Å²) in [4.78, 5) is 13.6. The van der Waals surface area contributed by atoms with Gasteiger partial charge in [0.15, 0.2) is 0 Å². The van der Waals surface area contributed by atoms with Crippen LogP contribution >= 0.6 is 0 Å². The lowest BCUT2D eigenvalue weighted by atomic mass is 10.0. The molecule has 0 amide bonds. The summed E-state index contributed by atoms with van der Waals surface area (Å²) in [5, 5.41) is 15.3. The lowest BCUT2D eigenvalue weighted by Gasteiger charge is -2.31. The van der Waals surface area contributed by atoms with E-state index in [9.17, 15) is 18.5 Å². The maximum atomic E-state index is 13.0. The van der Waals surface area contributed by atoms with E-state index in [1.54, 1.807) is 0 Å². The first-order chi connectivity index (χ1) is 16.3. The maximum Gasteiger partial charge on any atom is 0.293 e. The predicted octanol–water partition coefficient (Wildman–Crippen LogP) is 2.41. The number of benzene rings is 2. The third-order valence-corrected chi connectivity index (χ3v) is 8.02. The molecule has 2 aliphatic rings. The van der Waals surface area contributed by atoms with Gasteiger partial charge in [-0.05, 0) is 24.6 Å². The smallest absolute Gasteiger partial charge is 0.293 e. The first-order valence-electron chi connectivity index (χ1n) is 11.3. The van der Waals surface area contributed by atoms with Crippen LogP contribution in [0.15, 0.2) is 47.4 Å². The minimum absolute atomic E-state index is 0.0910. The Labute approximate surface area is 199 Å². The standard InChI is InChI=1S/C23H30N4O6S/c1-18-2-4-19(5-3-18)22(17-25-8-12-32-13-9-25)24-21-7-6-20(16-23(21)27(28)29)34(30,31)26-10-14-33-15-11-26/h2-7,16,22,24H,8-15,17H2,1H3. The predicted molar refractivity (Wildman–Crippen MR) is 127 cm³/mol. The van der Waals surface area contributed by atoms with Gasteiger partial charge in [-0.2, -0.15) is 4.31 Å².